The number of rotatable bonds is 2. The third-order valence-electron chi connectivity index (χ3n) is 2.59. The van der Waals surface area contributed by atoms with Crippen molar-refractivity contribution in [2.24, 2.45) is 0 Å². The van der Waals surface area contributed by atoms with Gasteiger partial charge in [0, 0.05) is 16.7 Å². The molecule has 0 saturated carbocycles. The number of hydrogen-bond donors (Lipinski definition) is 0. The summed E-state index contributed by atoms with van der Waals surface area (Å²) < 4.78 is 39.7. The smallest absolute Gasteiger partial charge is 0.206 e. The molecule has 0 nitrogen and oxygen atoms in total. The van der Waals surface area contributed by atoms with E-state index in [-0.39, 0.29) is 26.2 Å². The number of halogens is 6. The highest BCUT2D eigenvalue weighted by Gasteiger charge is 2.21. The van der Waals surface area contributed by atoms with Gasteiger partial charge in [-0.2, -0.15) is 0 Å². The van der Waals surface area contributed by atoms with Crippen LogP contribution in [0.25, 0.3) is 11.1 Å². The zero-order valence-electron chi connectivity index (χ0n) is 9.23. The average molecular weight is 326 g/mol. The van der Waals surface area contributed by atoms with E-state index in [4.69, 9.17) is 34.8 Å². The minimum atomic E-state index is -2.82. The first-order valence-corrected chi connectivity index (χ1v) is 6.27. The van der Waals surface area contributed by atoms with E-state index < -0.39 is 17.8 Å². The quantitative estimate of drug-likeness (QED) is 0.561. The molecule has 19 heavy (non-hydrogen) atoms. The summed E-state index contributed by atoms with van der Waals surface area (Å²) in [6.07, 6.45) is -2.82. The maximum Gasteiger partial charge on any atom is 0.264 e. The Kier molecular flexibility index (Phi) is 4.29. The first-order chi connectivity index (χ1) is 8.93. The molecule has 0 aliphatic heterocycles. The van der Waals surface area contributed by atoms with Gasteiger partial charge in [-0.1, -0.05) is 53.0 Å². The van der Waals surface area contributed by atoms with Gasteiger partial charge in [0.1, 0.15) is 5.82 Å². The van der Waals surface area contributed by atoms with E-state index in [1.165, 1.54) is 18.2 Å². The summed E-state index contributed by atoms with van der Waals surface area (Å²) in [5.74, 6) is -0.793. The third-order valence-corrected chi connectivity index (χ3v) is 3.88. The lowest BCUT2D eigenvalue weighted by Crippen LogP contribution is -1.95. The van der Waals surface area contributed by atoms with Crippen LogP contribution >= 0.6 is 34.8 Å². The molecule has 0 heterocycles. The predicted octanol–water partition coefficient (Wildman–Crippen LogP) is 6.39. The molecule has 2 aromatic rings. The van der Waals surface area contributed by atoms with Gasteiger partial charge in [-0.3, -0.25) is 0 Å². The summed E-state index contributed by atoms with van der Waals surface area (Å²) in [6.45, 7) is 0. The van der Waals surface area contributed by atoms with Crippen LogP contribution in [0, 0.1) is 5.82 Å². The molecule has 0 N–H and O–H groups in total. The van der Waals surface area contributed by atoms with Crippen molar-refractivity contribution in [3.8, 4) is 11.1 Å². The molecule has 2 rings (SSSR count). The van der Waals surface area contributed by atoms with Crippen LogP contribution in [0.5, 0.6) is 0 Å². The summed E-state index contributed by atoms with van der Waals surface area (Å²) >= 11 is 17.6. The van der Waals surface area contributed by atoms with Gasteiger partial charge >= 0.3 is 0 Å². The van der Waals surface area contributed by atoms with Crippen molar-refractivity contribution in [2.45, 2.75) is 6.43 Å². The largest absolute Gasteiger partial charge is 0.264 e. The first-order valence-electron chi connectivity index (χ1n) is 5.14. The molecule has 0 spiro atoms. The fourth-order valence-electron chi connectivity index (χ4n) is 1.73. The van der Waals surface area contributed by atoms with Crippen LogP contribution in [-0.4, -0.2) is 0 Å². The van der Waals surface area contributed by atoms with Crippen LogP contribution in [0.4, 0.5) is 13.2 Å². The Bertz CT molecular complexity index is 627. The number of benzene rings is 2. The normalized spacial score (nSPS) is 11.1. The standard InChI is InChI=1S/C13H6Cl3F3/c14-8-5-4-6(11(15)12(8)16)10-7(13(18)19)2-1-3-9(10)17/h1-5,13H. The Morgan fingerprint density at radius 3 is 2.21 bits per heavy atom. The van der Waals surface area contributed by atoms with Crippen molar-refractivity contribution < 1.29 is 13.2 Å². The predicted molar refractivity (Wildman–Crippen MR) is 71.8 cm³/mol. The monoisotopic (exact) mass is 324 g/mol. The van der Waals surface area contributed by atoms with Crippen LogP contribution in [-0.2, 0) is 0 Å². The Hall–Kier alpha value is -0.900. The van der Waals surface area contributed by atoms with Gasteiger partial charge in [0.25, 0.3) is 6.43 Å². The molecule has 2 aromatic carbocycles. The highest BCUT2D eigenvalue weighted by atomic mass is 35.5. The molecule has 0 saturated heterocycles. The Labute approximate surface area is 122 Å². The van der Waals surface area contributed by atoms with Gasteiger partial charge in [-0.05, 0) is 12.1 Å². The topological polar surface area (TPSA) is 0 Å². The Balaban J connectivity index is 2.76. The molecule has 0 aliphatic rings. The molecule has 0 bridgehead atoms. The highest BCUT2D eigenvalue weighted by molar-refractivity contribution is 6.49. The molecule has 6 heteroatoms. The Morgan fingerprint density at radius 2 is 1.58 bits per heavy atom. The first kappa shape index (κ1) is 14.5. The van der Waals surface area contributed by atoms with Gasteiger partial charge in [0.2, 0.25) is 0 Å². The zero-order valence-corrected chi connectivity index (χ0v) is 11.5. The molecule has 0 aliphatic carbocycles. The number of hydrogen-bond acceptors (Lipinski definition) is 0. The van der Waals surface area contributed by atoms with E-state index in [2.05, 4.69) is 0 Å². The molecule has 0 aromatic heterocycles. The molecular formula is C13H6Cl3F3. The summed E-state index contributed by atoms with van der Waals surface area (Å²) in [6, 6.07) is 6.18. The summed E-state index contributed by atoms with van der Waals surface area (Å²) in [5.41, 5.74) is -0.620. The van der Waals surface area contributed by atoms with Gasteiger partial charge in [-0.25, -0.2) is 13.2 Å². The second-order valence-corrected chi connectivity index (χ2v) is 4.89. The van der Waals surface area contributed by atoms with E-state index in [0.717, 1.165) is 12.1 Å². The number of alkyl halides is 2. The van der Waals surface area contributed by atoms with Gasteiger partial charge < -0.3 is 0 Å². The van der Waals surface area contributed by atoms with Crippen LogP contribution in [0.1, 0.15) is 12.0 Å². The molecule has 0 atom stereocenters. The van der Waals surface area contributed by atoms with Crippen LogP contribution < -0.4 is 0 Å². The molecule has 100 valence electrons. The second kappa shape index (κ2) is 5.61. The van der Waals surface area contributed by atoms with Crippen molar-refractivity contribution in [1.82, 2.24) is 0 Å². The van der Waals surface area contributed by atoms with E-state index in [1.807, 2.05) is 0 Å². The van der Waals surface area contributed by atoms with E-state index in [9.17, 15) is 13.2 Å². The molecule has 0 amide bonds. The van der Waals surface area contributed by atoms with Crippen LogP contribution in [0.2, 0.25) is 15.1 Å². The van der Waals surface area contributed by atoms with Crippen molar-refractivity contribution in [3.63, 3.8) is 0 Å². The summed E-state index contributed by atoms with van der Waals surface area (Å²) in [5, 5.41) is 0.121. The van der Waals surface area contributed by atoms with E-state index >= 15 is 0 Å². The third kappa shape index (κ3) is 2.69. The molecule has 0 fully saturated rings. The van der Waals surface area contributed by atoms with Crippen molar-refractivity contribution >= 4 is 34.8 Å². The highest BCUT2D eigenvalue weighted by Crippen LogP contribution is 2.42. The van der Waals surface area contributed by atoms with Crippen molar-refractivity contribution in [3.05, 3.63) is 56.8 Å². The Morgan fingerprint density at radius 1 is 0.895 bits per heavy atom. The molecular weight excluding hydrogens is 319 g/mol. The molecule has 0 radical (unpaired) electrons. The maximum absolute atomic E-state index is 13.8. The fourth-order valence-corrected chi connectivity index (χ4v) is 2.36. The minimum absolute atomic E-state index is 0.00398. The SMILES string of the molecule is Fc1cccc(C(F)F)c1-c1ccc(Cl)c(Cl)c1Cl. The minimum Gasteiger partial charge on any atom is -0.206 e. The van der Waals surface area contributed by atoms with Gasteiger partial charge in [0.15, 0.2) is 0 Å². The van der Waals surface area contributed by atoms with Crippen molar-refractivity contribution in [1.29, 1.82) is 0 Å². The summed E-state index contributed by atoms with van der Waals surface area (Å²) in [7, 11) is 0. The van der Waals surface area contributed by atoms with Gasteiger partial charge in [-0.15, -0.1) is 0 Å². The van der Waals surface area contributed by atoms with Crippen molar-refractivity contribution in [2.75, 3.05) is 0 Å². The van der Waals surface area contributed by atoms with Crippen LogP contribution in [0.15, 0.2) is 30.3 Å². The lowest BCUT2D eigenvalue weighted by molar-refractivity contribution is 0.151. The summed E-state index contributed by atoms with van der Waals surface area (Å²) in [4.78, 5) is 0. The van der Waals surface area contributed by atoms with E-state index in [1.54, 1.807) is 0 Å². The maximum atomic E-state index is 13.8. The lowest BCUT2D eigenvalue weighted by Gasteiger charge is -2.13. The second-order valence-electron chi connectivity index (χ2n) is 3.73. The fraction of sp³-hybridized carbons (Fsp3) is 0.0769. The van der Waals surface area contributed by atoms with Gasteiger partial charge in [0.05, 0.1) is 15.1 Å². The lowest BCUT2D eigenvalue weighted by atomic mass is 9.99. The molecule has 0 unspecified atom stereocenters. The van der Waals surface area contributed by atoms with E-state index in [0.29, 0.717) is 0 Å². The van der Waals surface area contributed by atoms with Crippen LogP contribution in [0.3, 0.4) is 0 Å². The zero-order chi connectivity index (χ0) is 14.2. The average Bonchev–Trinajstić information content (AvgIpc) is 2.37.